The fourth-order valence-corrected chi connectivity index (χ4v) is 3.25. The third-order valence-electron chi connectivity index (χ3n) is 1.99. The molecule has 0 N–H and O–H groups in total. The number of hydrogen-bond acceptors (Lipinski definition) is 1. The first-order valence-corrected chi connectivity index (χ1v) is 8.47. The smallest absolute Gasteiger partial charge is 0.341 e. The van der Waals surface area contributed by atoms with Gasteiger partial charge in [0.05, 0.1) is 0 Å². The zero-order valence-corrected chi connectivity index (χ0v) is 11.5. The molecule has 1 rings (SSSR count). The van der Waals surface area contributed by atoms with E-state index >= 15 is 0 Å². The second-order valence-electron chi connectivity index (χ2n) is 4.82. The minimum atomic E-state index is -1.20. The summed E-state index contributed by atoms with van der Waals surface area (Å²) in [6.45, 7) is 9.88. The molecule has 3 heteroatoms. The van der Waals surface area contributed by atoms with Crippen LogP contribution in [0.25, 0.3) is 0 Å². The van der Waals surface area contributed by atoms with Crippen molar-refractivity contribution in [2.75, 3.05) is 13.2 Å². The van der Waals surface area contributed by atoms with Crippen molar-refractivity contribution in [1.29, 1.82) is 0 Å². The van der Waals surface area contributed by atoms with Crippen molar-refractivity contribution in [3.8, 4) is 0 Å². The standard InChI is InChI=1S/C12H20NSi.Li/c1-13(11-14(2,3)4)10-12-8-6-5-7-9-12;/h5-9H,2,10-11H2,1,3-4H3;/q-1;+1. The first-order chi connectivity index (χ1) is 6.47. The minimum Gasteiger partial charge on any atom is -0.341 e. The summed E-state index contributed by atoms with van der Waals surface area (Å²) in [5.41, 5.74) is 1.38. The Kier molecular flexibility index (Phi) is 6.55. The monoisotopic (exact) mass is 213 g/mol. The van der Waals surface area contributed by atoms with Crippen LogP contribution in [0.15, 0.2) is 30.3 Å². The van der Waals surface area contributed by atoms with E-state index in [-0.39, 0.29) is 18.9 Å². The van der Waals surface area contributed by atoms with Crippen LogP contribution in [-0.2, 0) is 6.54 Å². The van der Waals surface area contributed by atoms with Crippen LogP contribution in [0.4, 0.5) is 0 Å². The molecular formula is C12H20LiNSi. The summed E-state index contributed by atoms with van der Waals surface area (Å²) in [6.07, 6.45) is 1.15. The summed E-state index contributed by atoms with van der Waals surface area (Å²) < 4.78 is 0. The second-order valence-corrected chi connectivity index (χ2v) is 9.47. The molecule has 0 heterocycles. The van der Waals surface area contributed by atoms with Crippen molar-refractivity contribution in [1.82, 2.24) is 4.90 Å². The summed E-state index contributed by atoms with van der Waals surface area (Å²) in [5.74, 6) is 0. The fraction of sp³-hybridized carbons (Fsp3) is 0.417. The molecule has 0 saturated heterocycles. The van der Waals surface area contributed by atoms with E-state index in [4.69, 9.17) is 0 Å². The largest absolute Gasteiger partial charge is 1.00 e. The van der Waals surface area contributed by atoms with Crippen LogP contribution in [0.1, 0.15) is 5.56 Å². The third-order valence-corrected chi connectivity index (χ3v) is 3.39. The van der Waals surface area contributed by atoms with Crippen LogP contribution in [0, 0.1) is 6.55 Å². The van der Waals surface area contributed by atoms with E-state index in [1.807, 2.05) is 0 Å². The Balaban J connectivity index is 0.00000196. The average Bonchev–Trinajstić information content (AvgIpc) is 2.02. The molecule has 1 aromatic rings. The van der Waals surface area contributed by atoms with E-state index in [1.54, 1.807) is 0 Å². The quantitative estimate of drug-likeness (QED) is 0.492. The number of benzene rings is 1. The van der Waals surface area contributed by atoms with Gasteiger partial charge in [0, 0.05) is 6.54 Å². The molecule has 78 valence electrons. The molecule has 0 amide bonds. The predicted octanol–water partition coefficient (Wildman–Crippen LogP) is -0.257. The molecule has 0 unspecified atom stereocenters. The molecule has 0 aliphatic heterocycles. The first kappa shape index (κ1) is 15.0. The molecular weight excluding hydrogens is 193 g/mol. The fourth-order valence-electron chi connectivity index (χ4n) is 1.68. The topological polar surface area (TPSA) is 3.24 Å². The van der Waals surface area contributed by atoms with Crippen molar-refractivity contribution in [2.45, 2.75) is 19.6 Å². The Morgan fingerprint density at radius 3 is 2.20 bits per heavy atom. The summed E-state index contributed by atoms with van der Waals surface area (Å²) in [6, 6.07) is 10.6. The van der Waals surface area contributed by atoms with Gasteiger partial charge in [0.15, 0.2) is 0 Å². The minimum absolute atomic E-state index is 0. The molecule has 15 heavy (non-hydrogen) atoms. The average molecular weight is 213 g/mol. The molecule has 0 bridgehead atoms. The van der Waals surface area contributed by atoms with E-state index in [2.05, 4.69) is 61.9 Å². The summed E-state index contributed by atoms with van der Waals surface area (Å²) in [4.78, 5) is 2.37. The van der Waals surface area contributed by atoms with E-state index in [9.17, 15) is 0 Å². The van der Waals surface area contributed by atoms with E-state index < -0.39 is 8.07 Å². The van der Waals surface area contributed by atoms with Crippen LogP contribution in [0.2, 0.25) is 13.1 Å². The van der Waals surface area contributed by atoms with Gasteiger partial charge < -0.3 is 11.4 Å². The van der Waals surface area contributed by atoms with Crippen molar-refractivity contribution < 1.29 is 18.9 Å². The van der Waals surface area contributed by atoms with Gasteiger partial charge in [0.1, 0.15) is 0 Å². The van der Waals surface area contributed by atoms with Gasteiger partial charge in [-0.1, -0.05) is 51.5 Å². The van der Waals surface area contributed by atoms with Gasteiger partial charge in [-0.2, -0.15) is 0 Å². The number of rotatable bonds is 4. The maximum absolute atomic E-state index is 4.25. The molecule has 1 nitrogen and oxygen atoms in total. The van der Waals surface area contributed by atoms with Gasteiger partial charge in [0.2, 0.25) is 0 Å². The molecule has 0 spiro atoms. The zero-order valence-electron chi connectivity index (χ0n) is 10.5. The predicted molar refractivity (Wildman–Crippen MR) is 65.6 cm³/mol. The first-order valence-electron chi connectivity index (χ1n) is 5.05. The van der Waals surface area contributed by atoms with E-state index in [0.29, 0.717) is 0 Å². The molecule has 0 atom stereocenters. The van der Waals surface area contributed by atoms with Crippen molar-refractivity contribution in [3.63, 3.8) is 0 Å². The number of hydrogen-bond donors (Lipinski definition) is 0. The van der Waals surface area contributed by atoms with Crippen LogP contribution in [-0.4, -0.2) is 26.2 Å². The van der Waals surface area contributed by atoms with Crippen LogP contribution in [0.3, 0.4) is 0 Å². The normalized spacial score (nSPS) is 11.3. The number of nitrogens with zero attached hydrogens (tertiary/aromatic N) is 1. The molecule has 0 aliphatic carbocycles. The maximum atomic E-state index is 4.25. The molecule has 0 saturated carbocycles. The molecule has 0 aromatic heterocycles. The van der Waals surface area contributed by atoms with E-state index in [1.165, 1.54) is 5.56 Å². The summed E-state index contributed by atoms with van der Waals surface area (Å²) in [7, 11) is 0.975. The zero-order chi connectivity index (χ0) is 10.6. The van der Waals surface area contributed by atoms with Gasteiger partial charge in [-0.25, -0.2) is 0 Å². The molecule has 1 aromatic carbocycles. The Labute approximate surface area is 107 Å². The van der Waals surface area contributed by atoms with Gasteiger partial charge in [-0.05, 0) is 18.8 Å². The molecule has 0 radical (unpaired) electrons. The Bertz CT molecular complexity index is 269. The van der Waals surface area contributed by atoms with Crippen LogP contribution in [0.5, 0.6) is 0 Å². The molecule has 0 fully saturated rings. The third kappa shape index (κ3) is 6.97. The Morgan fingerprint density at radius 2 is 1.73 bits per heavy atom. The van der Waals surface area contributed by atoms with Crippen LogP contribution < -0.4 is 18.9 Å². The van der Waals surface area contributed by atoms with E-state index in [0.717, 1.165) is 12.7 Å². The van der Waals surface area contributed by atoms with Gasteiger partial charge >= 0.3 is 18.9 Å². The van der Waals surface area contributed by atoms with Crippen molar-refractivity contribution in [3.05, 3.63) is 42.4 Å². The van der Waals surface area contributed by atoms with Crippen molar-refractivity contribution >= 4 is 8.07 Å². The molecule has 0 aliphatic rings. The second kappa shape index (κ2) is 6.55. The van der Waals surface area contributed by atoms with Crippen LogP contribution >= 0.6 is 0 Å². The van der Waals surface area contributed by atoms with Gasteiger partial charge in [-0.3, -0.25) is 0 Å². The summed E-state index contributed by atoms with van der Waals surface area (Å²) >= 11 is 0. The summed E-state index contributed by atoms with van der Waals surface area (Å²) in [5, 5.41) is 0. The van der Waals surface area contributed by atoms with Gasteiger partial charge in [0.25, 0.3) is 0 Å². The SMILES string of the molecule is [CH2-][Si](C)(C)CN(C)Cc1ccccc1.[Li+]. The van der Waals surface area contributed by atoms with Crippen molar-refractivity contribution in [2.24, 2.45) is 0 Å². The Hall–Kier alpha value is -0.00571. The Morgan fingerprint density at radius 1 is 1.20 bits per heavy atom. The maximum Gasteiger partial charge on any atom is 1.00 e. The van der Waals surface area contributed by atoms with Gasteiger partial charge in [-0.15, -0.1) is 0 Å².